The van der Waals surface area contributed by atoms with E-state index < -0.39 is 5.60 Å². The van der Waals surface area contributed by atoms with Crippen LogP contribution >= 0.6 is 0 Å². The Balaban J connectivity index is 2.90. The standard InChI is InChI=1S/C20H33NO3/c1-7-9-10-11-20(5,24-12-8-2)19(22)21-17-13-15(3)18(23-6)16(4)14-17/h13-14H,7-12H2,1-6H3,(H,21,22)/t20-/m0/s1. The molecule has 4 heteroatoms. The van der Waals surface area contributed by atoms with Crippen molar-refractivity contribution in [1.82, 2.24) is 0 Å². The number of hydrogen-bond acceptors (Lipinski definition) is 3. The summed E-state index contributed by atoms with van der Waals surface area (Å²) in [5.41, 5.74) is 2.02. The fraction of sp³-hybridized carbons (Fsp3) is 0.650. The quantitative estimate of drug-likeness (QED) is 0.611. The van der Waals surface area contributed by atoms with Gasteiger partial charge in [0, 0.05) is 12.3 Å². The molecule has 1 aromatic carbocycles. The molecule has 0 aromatic heterocycles. The van der Waals surface area contributed by atoms with Crippen molar-refractivity contribution in [3.05, 3.63) is 23.3 Å². The largest absolute Gasteiger partial charge is 0.496 e. The number of carbonyl (C=O) groups excluding carboxylic acids is 1. The van der Waals surface area contributed by atoms with Gasteiger partial charge >= 0.3 is 0 Å². The fourth-order valence-electron chi connectivity index (χ4n) is 2.90. The SMILES string of the molecule is CCCCC[C@](C)(OCCC)C(=O)Nc1cc(C)c(OC)c(C)c1. The number of benzene rings is 1. The third-order valence-corrected chi connectivity index (χ3v) is 4.28. The first-order chi connectivity index (χ1) is 11.4. The van der Waals surface area contributed by atoms with E-state index in [0.29, 0.717) is 6.61 Å². The lowest BCUT2D eigenvalue weighted by Crippen LogP contribution is -2.43. The van der Waals surface area contributed by atoms with Gasteiger partial charge < -0.3 is 14.8 Å². The molecule has 0 aliphatic heterocycles. The fourth-order valence-corrected chi connectivity index (χ4v) is 2.90. The van der Waals surface area contributed by atoms with Crippen LogP contribution in [0.15, 0.2) is 12.1 Å². The van der Waals surface area contributed by atoms with E-state index in [4.69, 9.17) is 9.47 Å². The number of anilines is 1. The maximum Gasteiger partial charge on any atom is 0.256 e. The Bertz CT molecular complexity index is 519. The van der Waals surface area contributed by atoms with Gasteiger partial charge in [-0.1, -0.05) is 33.1 Å². The second-order valence-electron chi connectivity index (χ2n) is 6.63. The first-order valence-corrected chi connectivity index (χ1v) is 8.98. The van der Waals surface area contributed by atoms with Crippen molar-refractivity contribution in [2.24, 2.45) is 0 Å². The van der Waals surface area contributed by atoms with Gasteiger partial charge in [-0.05, 0) is 56.9 Å². The zero-order chi connectivity index (χ0) is 18.2. The van der Waals surface area contributed by atoms with Gasteiger partial charge in [0.25, 0.3) is 5.91 Å². The van der Waals surface area contributed by atoms with Crippen molar-refractivity contribution in [3.63, 3.8) is 0 Å². The van der Waals surface area contributed by atoms with Gasteiger partial charge in [0.2, 0.25) is 0 Å². The van der Waals surface area contributed by atoms with Crippen LogP contribution in [0.1, 0.15) is 64.0 Å². The van der Waals surface area contributed by atoms with Crippen LogP contribution in [0, 0.1) is 13.8 Å². The van der Waals surface area contributed by atoms with Crippen molar-refractivity contribution in [1.29, 1.82) is 0 Å². The van der Waals surface area contributed by atoms with E-state index in [1.165, 1.54) is 0 Å². The molecule has 4 nitrogen and oxygen atoms in total. The highest BCUT2D eigenvalue weighted by Gasteiger charge is 2.33. The van der Waals surface area contributed by atoms with Gasteiger partial charge in [-0.15, -0.1) is 0 Å². The average Bonchev–Trinajstić information content (AvgIpc) is 2.53. The van der Waals surface area contributed by atoms with Crippen LogP contribution < -0.4 is 10.1 Å². The number of carbonyl (C=O) groups is 1. The first kappa shape index (κ1) is 20.5. The molecular formula is C20H33NO3. The summed E-state index contributed by atoms with van der Waals surface area (Å²) in [6.45, 7) is 10.7. The summed E-state index contributed by atoms with van der Waals surface area (Å²) in [7, 11) is 1.66. The van der Waals surface area contributed by atoms with Gasteiger partial charge in [-0.3, -0.25) is 4.79 Å². The zero-order valence-electron chi connectivity index (χ0n) is 16.1. The van der Waals surface area contributed by atoms with Crippen LogP contribution in [0.2, 0.25) is 0 Å². The molecule has 0 aliphatic rings. The molecule has 0 radical (unpaired) electrons. The Morgan fingerprint density at radius 1 is 1.12 bits per heavy atom. The molecule has 0 unspecified atom stereocenters. The monoisotopic (exact) mass is 335 g/mol. The minimum Gasteiger partial charge on any atom is -0.496 e. The van der Waals surface area contributed by atoms with Crippen molar-refractivity contribution in [2.45, 2.75) is 72.3 Å². The van der Waals surface area contributed by atoms with Crippen molar-refractivity contribution in [2.75, 3.05) is 19.0 Å². The summed E-state index contributed by atoms with van der Waals surface area (Å²) in [6.07, 6.45) is 4.87. The second kappa shape index (κ2) is 9.67. The van der Waals surface area contributed by atoms with Crippen LogP contribution in [-0.2, 0) is 9.53 Å². The van der Waals surface area contributed by atoms with E-state index in [1.54, 1.807) is 7.11 Å². The van der Waals surface area contributed by atoms with Crippen LogP contribution in [0.3, 0.4) is 0 Å². The average molecular weight is 335 g/mol. The molecule has 136 valence electrons. The second-order valence-corrected chi connectivity index (χ2v) is 6.63. The molecule has 1 aromatic rings. The Kier molecular flexibility index (Phi) is 8.26. The van der Waals surface area contributed by atoms with E-state index in [9.17, 15) is 4.79 Å². The molecule has 1 N–H and O–H groups in total. The maximum atomic E-state index is 12.8. The lowest BCUT2D eigenvalue weighted by atomic mass is 9.96. The summed E-state index contributed by atoms with van der Waals surface area (Å²) in [5, 5.41) is 3.03. The maximum absolute atomic E-state index is 12.8. The van der Waals surface area contributed by atoms with Crippen molar-refractivity contribution < 1.29 is 14.3 Å². The highest BCUT2D eigenvalue weighted by Crippen LogP contribution is 2.28. The van der Waals surface area contributed by atoms with Crippen LogP contribution in [-0.4, -0.2) is 25.2 Å². The Hall–Kier alpha value is -1.55. The van der Waals surface area contributed by atoms with E-state index in [0.717, 1.165) is 54.7 Å². The number of ether oxygens (including phenoxy) is 2. The lowest BCUT2D eigenvalue weighted by Gasteiger charge is -2.29. The molecule has 0 bridgehead atoms. The molecule has 0 heterocycles. The molecule has 0 aliphatic carbocycles. The smallest absolute Gasteiger partial charge is 0.256 e. The molecule has 0 fully saturated rings. The predicted molar refractivity (Wildman–Crippen MR) is 99.9 cm³/mol. The normalized spacial score (nSPS) is 13.4. The molecule has 0 saturated heterocycles. The van der Waals surface area contributed by atoms with E-state index in [-0.39, 0.29) is 5.91 Å². The summed E-state index contributed by atoms with van der Waals surface area (Å²) >= 11 is 0. The number of methoxy groups -OCH3 is 1. The van der Waals surface area contributed by atoms with E-state index in [2.05, 4.69) is 19.2 Å². The van der Waals surface area contributed by atoms with E-state index >= 15 is 0 Å². The molecule has 1 rings (SSSR count). The van der Waals surface area contributed by atoms with Gasteiger partial charge in [0.1, 0.15) is 11.4 Å². The van der Waals surface area contributed by atoms with Crippen LogP contribution in [0.25, 0.3) is 0 Å². The number of nitrogens with one attached hydrogen (secondary N) is 1. The van der Waals surface area contributed by atoms with Gasteiger partial charge in [0.15, 0.2) is 0 Å². The molecule has 0 spiro atoms. The van der Waals surface area contributed by atoms with Gasteiger partial charge in [0.05, 0.1) is 7.11 Å². The Morgan fingerprint density at radius 3 is 2.25 bits per heavy atom. The number of rotatable bonds is 10. The molecular weight excluding hydrogens is 302 g/mol. The third kappa shape index (κ3) is 5.52. The molecule has 24 heavy (non-hydrogen) atoms. The van der Waals surface area contributed by atoms with Crippen LogP contribution in [0.5, 0.6) is 5.75 Å². The van der Waals surface area contributed by atoms with Gasteiger partial charge in [-0.2, -0.15) is 0 Å². The highest BCUT2D eigenvalue weighted by molar-refractivity contribution is 5.97. The highest BCUT2D eigenvalue weighted by atomic mass is 16.5. The first-order valence-electron chi connectivity index (χ1n) is 8.98. The molecule has 1 atom stereocenters. The number of unbranched alkanes of at least 4 members (excludes halogenated alkanes) is 2. The number of aryl methyl sites for hydroxylation is 2. The summed E-state index contributed by atoms with van der Waals surface area (Å²) in [4.78, 5) is 12.8. The van der Waals surface area contributed by atoms with Gasteiger partial charge in [-0.25, -0.2) is 0 Å². The summed E-state index contributed by atoms with van der Waals surface area (Å²) in [5.74, 6) is 0.789. The van der Waals surface area contributed by atoms with E-state index in [1.807, 2.05) is 32.9 Å². The lowest BCUT2D eigenvalue weighted by molar-refractivity contribution is -0.140. The predicted octanol–water partition coefficient (Wildman–Crippen LogP) is 5.02. The minimum atomic E-state index is -0.785. The topological polar surface area (TPSA) is 47.6 Å². The zero-order valence-corrected chi connectivity index (χ0v) is 16.1. The van der Waals surface area contributed by atoms with Crippen molar-refractivity contribution in [3.8, 4) is 5.75 Å². The number of amides is 1. The minimum absolute atomic E-state index is 0.0731. The van der Waals surface area contributed by atoms with Crippen LogP contribution in [0.4, 0.5) is 5.69 Å². The molecule has 0 saturated carbocycles. The van der Waals surface area contributed by atoms with Crippen molar-refractivity contribution >= 4 is 11.6 Å². The third-order valence-electron chi connectivity index (χ3n) is 4.28. The Labute approximate surface area is 146 Å². The summed E-state index contributed by atoms with van der Waals surface area (Å²) in [6, 6.07) is 3.88. The molecule has 1 amide bonds. The summed E-state index contributed by atoms with van der Waals surface area (Å²) < 4.78 is 11.3. The Morgan fingerprint density at radius 2 is 1.75 bits per heavy atom. The number of hydrogen-bond donors (Lipinski definition) is 1.